The normalized spacial score (nSPS) is 16.4. The molecule has 9 heteroatoms. The highest BCUT2D eigenvalue weighted by Gasteiger charge is 2.37. The van der Waals surface area contributed by atoms with Crippen molar-refractivity contribution >= 4 is 11.8 Å². The average Bonchev–Trinajstić information content (AvgIpc) is 3.20. The Morgan fingerprint density at radius 1 is 1.27 bits per heavy atom. The molecule has 30 heavy (non-hydrogen) atoms. The van der Waals surface area contributed by atoms with E-state index in [2.05, 4.69) is 10.3 Å². The van der Waals surface area contributed by atoms with Crippen LogP contribution < -0.4 is 10.1 Å². The maximum Gasteiger partial charge on any atom is 0.416 e. The highest BCUT2D eigenvalue weighted by molar-refractivity contribution is 5.78. The Labute approximate surface area is 172 Å². The molecule has 6 nitrogen and oxygen atoms in total. The molecule has 0 aliphatic carbocycles. The molecule has 2 amide bonds. The van der Waals surface area contributed by atoms with E-state index < -0.39 is 23.7 Å². The third kappa shape index (κ3) is 5.28. The van der Waals surface area contributed by atoms with Crippen molar-refractivity contribution in [3.63, 3.8) is 0 Å². The first-order chi connectivity index (χ1) is 14.3. The van der Waals surface area contributed by atoms with Gasteiger partial charge in [-0.1, -0.05) is 18.2 Å². The van der Waals surface area contributed by atoms with E-state index in [-0.39, 0.29) is 30.3 Å². The lowest BCUT2D eigenvalue weighted by atomic mass is 10.0. The van der Waals surface area contributed by atoms with Crippen molar-refractivity contribution in [1.29, 1.82) is 0 Å². The minimum atomic E-state index is -4.60. The molecular formula is C21H22F3N3O3. The molecular weight excluding hydrogens is 399 g/mol. The number of alkyl halides is 3. The molecule has 1 fully saturated rings. The molecule has 1 aliphatic rings. The first-order valence-corrected chi connectivity index (χ1v) is 9.53. The number of rotatable bonds is 6. The van der Waals surface area contributed by atoms with Crippen molar-refractivity contribution in [3.8, 4) is 5.75 Å². The number of likely N-dealkylation sites (tertiary alicyclic amines) is 1. The molecule has 1 aromatic carbocycles. The SMILES string of the molecule is CC(=O)NCc1cnc([C@@H]2CCCN2C(=O)COc2ccccc2)cc1C(F)(F)F. The first-order valence-electron chi connectivity index (χ1n) is 9.53. The second-order valence-corrected chi connectivity index (χ2v) is 7.02. The Morgan fingerprint density at radius 2 is 2.00 bits per heavy atom. The number of amides is 2. The zero-order chi connectivity index (χ0) is 21.7. The molecule has 1 aliphatic heterocycles. The molecule has 0 radical (unpaired) electrons. The highest BCUT2D eigenvalue weighted by Crippen LogP contribution is 2.36. The topological polar surface area (TPSA) is 71.5 Å². The zero-order valence-corrected chi connectivity index (χ0v) is 16.4. The van der Waals surface area contributed by atoms with Gasteiger partial charge < -0.3 is 15.0 Å². The molecule has 1 saturated heterocycles. The van der Waals surface area contributed by atoms with E-state index in [0.717, 1.165) is 12.3 Å². The maximum atomic E-state index is 13.6. The molecule has 160 valence electrons. The van der Waals surface area contributed by atoms with Crippen molar-refractivity contribution in [1.82, 2.24) is 15.2 Å². The lowest BCUT2D eigenvalue weighted by Gasteiger charge is -2.25. The summed E-state index contributed by atoms with van der Waals surface area (Å²) in [5.41, 5.74) is -0.801. The number of benzene rings is 1. The summed E-state index contributed by atoms with van der Waals surface area (Å²) >= 11 is 0. The standard InChI is InChI=1S/C21H22F3N3O3/c1-14(28)25-11-15-12-26-18(10-17(15)21(22,23)24)19-8-5-9-27(19)20(29)13-30-16-6-3-2-4-7-16/h2-4,6-7,10,12,19H,5,8-9,11,13H2,1H3,(H,25,28)/t19-/m0/s1. The molecule has 2 aromatic rings. The van der Waals surface area contributed by atoms with Gasteiger partial charge in [0.2, 0.25) is 5.91 Å². The summed E-state index contributed by atoms with van der Waals surface area (Å²) in [6.07, 6.45) is -2.30. The van der Waals surface area contributed by atoms with Crippen molar-refractivity contribution in [2.75, 3.05) is 13.2 Å². The van der Waals surface area contributed by atoms with Crippen LogP contribution in [0.3, 0.4) is 0 Å². The van der Waals surface area contributed by atoms with Gasteiger partial charge in [-0.15, -0.1) is 0 Å². The van der Waals surface area contributed by atoms with Crippen LogP contribution in [0.1, 0.15) is 42.6 Å². The number of nitrogens with one attached hydrogen (secondary N) is 1. The number of ether oxygens (including phenoxy) is 1. The smallest absolute Gasteiger partial charge is 0.416 e. The van der Waals surface area contributed by atoms with Gasteiger partial charge in [0.25, 0.3) is 5.91 Å². The minimum Gasteiger partial charge on any atom is -0.484 e. The van der Waals surface area contributed by atoms with E-state index in [1.54, 1.807) is 24.3 Å². The summed E-state index contributed by atoms with van der Waals surface area (Å²) < 4.78 is 46.2. The summed E-state index contributed by atoms with van der Waals surface area (Å²) in [6.45, 7) is 1.19. The number of aromatic nitrogens is 1. The summed E-state index contributed by atoms with van der Waals surface area (Å²) in [5.74, 6) is -0.196. The van der Waals surface area contributed by atoms with Crippen LogP contribution in [0.4, 0.5) is 13.2 Å². The van der Waals surface area contributed by atoms with E-state index in [1.165, 1.54) is 11.8 Å². The Hall–Kier alpha value is -3.10. The lowest BCUT2D eigenvalue weighted by molar-refractivity contribution is -0.138. The van der Waals surface area contributed by atoms with Gasteiger partial charge in [0.15, 0.2) is 6.61 Å². The van der Waals surface area contributed by atoms with Gasteiger partial charge in [-0.3, -0.25) is 14.6 Å². The quantitative estimate of drug-likeness (QED) is 0.775. The van der Waals surface area contributed by atoms with Crippen LogP contribution in [0.2, 0.25) is 0 Å². The summed E-state index contributed by atoms with van der Waals surface area (Å²) in [6, 6.07) is 9.26. The number of carbonyl (C=O) groups excluding carboxylic acids is 2. The fourth-order valence-corrected chi connectivity index (χ4v) is 3.42. The molecule has 1 N–H and O–H groups in total. The fourth-order valence-electron chi connectivity index (χ4n) is 3.42. The molecule has 0 bridgehead atoms. The zero-order valence-electron chi connectivity index (χ0n) is 16.4. The van der Waals surface area contributed by atoms with E-state index >= 15 is 0 Å². The predicted molar refractivity (Wildman–Crippen MR) is 102 cm³/mol. The van der Waals surface area contributed by atoms with Crippen LogP contribution in [0, 0.1) is 0 Å². The fraction of sp³-hybridized carbons (Fsp3) is 0.381. The van der Waals surface area contributed by atoms with Gasteiger partial charge >= 0.3 is 6.18 Å². The van der Waals surface area contributed by atoms with Crippen molar-refractivity contribution < 1.29 is 27.5 Å². The second-order valence-electron chi connectivity index (χ2n) is 7.02. The molecule has 3 rings (SSSR count). The van der Waals surface area contributed by atoms with Crippen LogP contribution in [-0.4, -0.2) is 34.8 Å². The molecule has 1 aromatic heterocycles. The third-order valence-electron chi connectivity index (χ3n) is 4.86. The van der Waals surface area contributed by atoms with Crippen molar-refractivity contribution in [2.45, 2.75) is 38.5 Å². The summed E-state index contributed by atoms with van der Waals surface area (Å²) in [5, 5.41) is 2.36. The number of hydrogen-bond donors (Lipinski definition) is 1. The van der Waals surface area contributed by atoms with Crippen LogP contribution >= 0.6 is 0 Å². The van der Waals surface area contributed by atoms with Crippen molar-refractivity contribution in [2.24, 2.45) is 0 Å². The molecule has 0 unspecified atom stereocenters. The van der Waals surface area contributed by atoms with Crippen LogP contribution in [0.5, 0.6) is 5.75 Å². The minimum absolute atomic E-state index is 0.121. The number of halogens is 3. The Balaban J connectivity index is 1.77. The number of para-hydroxylation sites is 1. The first kappa shape index (κ1) is 21.6. The summed E-state index contributed by atoms with van der Waals surface area (Å²) in [7, 11) is 0. The highest BCUT2D eigenvalue weighted by atomic mass is 19.4. The van der Waals surface area contributed by atoms with E-state index in [1.807, 2.05) is 6.07 Å². The maximum absolute atomic E-state index is 13.6. The van der Waals surface area contributed by atoms with Gasteiger partial charge in [-0.2, -0.15) is 13.2 Å². The van der Waals surface area contributed by atoms with E-state index in [4.69, 9.17) is 4.74 Å². The number of nitrogens with zero attached hydrogens (tertiary/aromatic N) is 2. The van der Waals surface area contributed by atoms with Crippen molar-refractivity contribution in [3.05, 3.63) is 59.4 Å². The Kier molecular flexibility index (Phi) is 6.59. The average molecular weight is 421 g/mol. The van der Waals surface area contributed by atoms with E-state index in [0.29, 0.717) is 25.1 Å². The molecule has 2 heterocycles. The van der Waals surface area contributed by atoms with Gasteiger partial charge in [0.05, 0.1) is 17.3 Å². The largest absolute Gasteiger partial charge is 0.484 e. The lowest BCUT2D eigenvalue weighted by Crippen LogP contribution is -2.35. The Morgan fingerprint density at radius 3 is 2.67 bits per heavy atom. The van der Waals surface area contributed by atoms with Crippen LogP contribution in [-0.2, 0) is 22.3 Å². The van der Waals surface area contributed by atoms with Gasteiger partial charge in [-0.05, 0) is 31.0 Å². The summed E-state index contributed by atoms with van der Waals surface area (Å²) in [4.78, 5) is 29.4. The molecule has 0 spiro atoms. The predicted octanol–water partition coefficient (Wildman–Crippen LogP) is 3.48. The van der Waals surface area contributed by atoms with Crippen LogP contribution in [0.25, 0.3) is 0 Å². The monoisotopic (exact) mass is 421 g/mol. The van der Waals surface area contributed by atoms with E-state index in [9.17, 15) is 22.8 Å². The van der Waals surface area contributed by atoms with Gasteiger partial charge in [0.1, 0.15) is 5.75 Å². The second kappa shape index (κ2) is 9.15. The van der Waals surface area contributed by atoms with Gasteiger partial charge in [-0.25, -0.2) is 0 Å². The number of pyridine rings is 1. The third-order valence-corrected chi connectivity index (χ3v) is 4.86. The number of carbonyl (C=O) groups is 2. The Bertz CT molecular complexity index is 903. The molecule has 1 atom stereocenters. The van der Waals surface area contributed by atoms with Gasteiger partial charge in [0, 0.05) is 31.8 Å². The molecule has 0 saturated carbocycles. The van der Waals surface area contributed by atoms with Crippen LogP contribution in [0.15, 0.2) is 42.6 Å². The number of hydrogen-bond acceptors (Lipinski definition) is 4.